The van der Waals surface area contributed by atoms with Crippen LogP contribution in [0.25, 0.3) is 0 Å². The third-order valence-electron chi connectivity index (χ3n) is 1.93. The van der Waals surface area contributed by atoms with Crippen LogP contribution in [0.2, 0.25) is 0 Å². The number of hydrogen-bond acceptors (Lipinski definition) is 3. The summed E-state index contributed by atoms with van der Waals surface area (Å²) in [5.41, 5.74) is 1.29. The van der Waals surface area contributed by atoms with Gasteiger partial charge in [-0.05, 0) is 35.9 Å². The molecule has 2 nitrogen and oxygen atoms in total. The summed E-state index contributed by atoms with van der Waals surface area (Å²) in [7, 11) is 4.11. The van der Waals surface area contributed by atoms with Crippen LogP contribution >= 0.6 is 27.3 Å². The van der Waals surface area contributed by atoms with E-state index in [0.29, 0.717) is 0 Å². The number of rotatable bonds is 5. The Morgan fingerprint density at radius 1 is 1.54 bits per heavy atom. The van der Waals surface area contributed by atoms with Gasteiger partial charge >= 0.3 is 0 Å². The van der Waals surface area contributed by atoms with E-state index in [9.17, 15) is 0 Å². The van der Waals surface area contributed by atoms with Crippen molar-refractivity contribution in [1.82, 2.24) is 5.32 Å². The van der Waals surface area contributed by atoms with E-state index in [4.69, 9.17) is 0 Å². The third kappa shape index (κ3) is 3.29. The van der Waals surface area contributed by atoms with Crippen molar-refractivity contribution in [1.29, 1.82) is 0 Å². The molecule has 0 unspecified atom stereocenters. The lowest BCUT2D eigenvalue weighted by molar-refractivity contribution is 0.713. The summed E-state index contributed by atoms with van der Waals surface area (Å²) in [5, 5.41) is 7.43. The fourth-order valence-corrected chi connectivity index (χ4v) is 2.80. The topological polar surface area (TPSA) is 15.3 Å². The average molecular weight is 263 g/mol. The van der Waals surface area contributed by atoms with Crippen LogP contribution in [-0.4, -0.2) is 27.2 Å². The highest BCUT2D eigenvalue weighted by molar-refractivity contribution is 9.10. The number of nitrogens with one attached hydrogen (secondary N) is 1. The molecule has 0 saturated carbocycles. The molecule has 1 aromatic rings. The Kier molecular flexibility index (Phi) is 4.77. The molecule has 0 aliphatic rings. The van der Waals surface area contributed by atoms with Crippen LogP contribution in [0, 0.1) is 0 Å². The summed E-state index contributed by atoms with van der Waals surface area (Å²) in [6.07, 6.45) is 1.18. The van der Waals surface area contributed by atoms with Crippen LogP contribution in [-0.2, 0) is 0 Å². The van der Waals surface area contributed by atoms with E-state index in [1.165, 1.54) is 16.6 Å². The van der Waals surface area contributed by atoms with Crippen molar-refractivity contribution < 1.29 is 0 Å². The van der Waals surface area contributed by atoms with Crippen molar-refractivity contribution in [2.45, 2.75) is 6.42 Å². The maximum Gasteiger partial charge on any atom is 0.0616 e. The largest absolute Gasteiger partial charge is 0.373 e. The highest BCUT2D eigenvalue weighted by Gasteiger charge is 2.05. The second kappa shape index (κ2) is 5.62. The molecule has 1 heterocycles. The zero-order chi connectivity index (χ0) is 9.68. The molecule has 0 spiro atoms. The van der Waals surface area contributed by atoms with Gasteiger partial charge in [-0.1, -0.05) is 0 Å². The van der Waals surface area contributed by atoms with Gasteiger partial charge in [0.25, 0.3) is 0 Å². The number of hydrogen-bond donors (Lipinski definition) is 1. The molecule has 13 heavy (non-hydrogen) atoms. The van der Waals surface area contributed by atoms with Gasteiger partial charge in [-0.15, -0.1) is 11.3 Å². The first-order chi connectivity index (χ1) is 6.25. The van der Waals surface area contributed by atoms with Crippen molar-refractivity contribution in [2.75, 3.05) is 32.1 Å². The SMILES string of the molecule is CNCCCN(C)c1cscc1Br. The van der Waals surface area contributed by atoms with Gasteiger partial charge in [0, 0.05) is 24.4 Å². The lowest BCUT2D eigenvalue weighted by atomic mass is 10.3. The molecule has 0 saturated heterocycles. The van der Waals surface area contributed by atoms with Crippen molar-refractivity contribution in [3.05, 3.63) is 15.2 Å². The standard InChI is InChI=1S/C9H15BrN2S/c1-11-4-3-5-12(2)9-7-13-6-8(9)10/h6-7,11H,3-5H2,1-2H3. The van der Waals surface area contributed by atoms with Crippen LogP contribution in [0.4, 0.5) is 5.69 Å². The molecule has 0 atom stereocenters. The van der Waals surface area contributed by atoms with Gasteiger partial charge in [-0.3, -0.25) is 0 Å². The Labute approximate surface area is 92.1 Å². The van der Waals surface area contributed by atoms with Crippen molar-refractivity contribution >= 4 is 33.0 Å². The average Bonchev–Trinajstić information content (AvgIpc) is 2.52. The molecule has 1 aromatic heterocycles. The normalized spacial score (nSPS) is 10.4. The predicted octanol–water partition coefficient (Wildman–Crippen LogP) is 2.56. The summed E-state index contributed by atoms with van der Waals surface area (Å²) in [6.45, 7) is 2.17. The molecule has 0 amide bonds. The Bertz CT molecular complexity index is 250. The maximum atomic E-state index is 3.53. The smallest absolute Gasteiger partial charge is 0.0616 e. The number of halogens is 1. The highest BCUT2D eigenvalue weighted by atomic mass is 79.9. The van der Waals surface area contributed by atoms with Gasteiger partial charge in [-0.25, -0.2) is 0 Å². The molecule has 1 rings (SSSR count). The third-order valence-corrected chi connectivity index (χ3v) is 3.60. The van der Waals surface area contributed by atoms with Crippen LogP contribution in [0.5, 0.6) is 0 Å². The second-order valence-corrected chi connectivity index (χ2v) is 4.58. The van der Waals surface area contributed by atoms with Gasteiger partial charge in [-0.2, -0.15) is 0 Å². The van der Waals surface area contributed by atoms with Crippen LogP contribution in [0.15, 0.2) is 15.2 Å². The minimum atomic E-state index is 1.08. The van der Waals surface area contributed by atoms with E-state index < -0.39 is 0 Å². The van der Waals surface area contributed by atoms with E-state index in [1.807, 2.05) is 7.05 Å². The summed E-state index contributed by atoms with van der Waals surface area (Å²) < 4.78 is 1.20. The molecule has 0 bridgehead atoms. The van der Waals surface area contributed by atoms with Crippen LogP contribution < -0.4 is 10.2 Å². The quantitative estimate of drug-likeness (QED) is 0.821. The number of thiophene rings is 1. The summed E-state index contributed by atoms with van der Waals surface area (Å²) in [4.78, 5) is 2.28. The van der Waals surface area contributed by atoms with Gasteiger partial charge in [0.15, 0.2) is 0 Å². The fraction of sp³-hybridized carbons (Fsp3) is 0.556. The van der Waals surface area contributed by atoms with E-state index in [2.05, 4.69) is 44.0 Å². The van der Waals surface area contributed by atoms with E-state index >= 15 is 0 Å². The number of anilines is 1. The monoisotopic (exact) mass is 262 g/mol. The molecule has 0 radical (unpaired) electrons. The summed E-state index contributed by atoms with van der Waals surface area (Å²) >= 11 is 5.26. The lowest BCUT2D eigenvalue weighted by Gasteiger charge is -2.18. The summed E-state index contributed by atoms with van der Waals surface area (Å²) in [6, 6.07) is 0. The molecule has 0 aliphatic heterocycles. The van der Waals surface area contributed by atoms with Gasteiger partial charge < -0.3 is 10.2 Å². The zero-order valence-electron chi connectivity index (χ0n) is 8.01. The fourth-order valence-electron chi connectivity index (χ4n) is 1.16. The Hall–Kier alpha value is -0.0600. The zero-order valence-corrected chi connectivity index (χ0v) is 10.4. The molecule has 74 valence electrons. The minimum absolute atomic E-state index is 1.08. The molecule has 1 N–H and O–H groups in total. The van der Waals surface area contributed by atoms with Crippen molar-refractivity contribution in [2.24, 2.45) is 0 Å². The first kappa shape index (κ1) is 11.0. The van der Waals surface area contributed by atoms with Gasteiger partial charge in [0.2, 0.25) is 0 Å². The maximum absolute atomic E-state index is 3.53. The first-order valence-electron chi connectivity index (χ1n) is 4.33. The van der Waals surface area contributed by atoms with E-state index in [0.717, 1.165) is 13.1 Å². The Morgan fingerprint density at radius 3 is 2.85 bits per heavy atom. The van der Waals surface area contributed by atoms with Crippen molar-refractivity contribution in [3.63, 3.8) is 0 Å². The van der Waals surface area contributed by atoms with Crippen molar-refractivity contribution in [3.8, 4) is 0 Å². The highest BCUT2D eigenvalue weighted by Crippen LogP contribution is 2.29. The van der Waals surface area contributed by atoms with Gasteiger partial charge in [0.1, 0.15) is 0 Å². The molecule has 4 heteroatoms. The Morgan fingerprint density at radius 2 is 2.31 bits per heavy atom. The second-order valence-electron chi connectivity index (χ2n) is 2.98. The Balaban J connectivity index is 2.39. The van der Waals surface area contributed by atoms with Gasteiger partial charge in [0.05, 0.1) is 10.2 Å². The predicted molar refractivity (Wildman–Crippen MR) is 63.8 cm³/mol. The summed E-state index contributed by atoms with van der Waals surface area (Å²) in [5.74, 6) is 0. The van der Waals surface area contributed by atoms with E-state index in [1.54, 1.807) is 11.3 Å². The van der Waals surface area contributed by atoms with E-state index in [-0.39, 0.29) is 0 Å². The molecule has 0 aliphatic carbocycles. The minimum Gasteiger partial charge on any atom is -0.373 e. The molecule has 0 aromatic carbocycles. The first-order valence-corrected chi connectivity index (χ1v) is 6.06. The van der Waals surface area contributed by atoms with Crippen LogP contribution in [0.1, 0.15) is 6.42 Å². The number of nitrogens with zero attached hydrogens (tertiary/aromatic N) is 1. The molecule has 0 fully saturated rings. The van der Waals surface area contributed by atoms with Crippen LogP contribution in [0.3, 0.4) is 0 Å². The molecular formula is C9H15BrN2S. The lowest BCUT2D eigenvalue weighted by Crippen LogP contribution is -2.21. The molecular weight excluding hydrogens is 248 g/mol.